The van der Waals surface area contributed by atoms with Crippen LogP contribution in [0.3, 0.4) is 0 Å². The number of benzene rings is 3. The molecule has 0 spiro atoms. The zero-order valence-electron chi connectivity index (χ0n) is 20.4. The van der Waals surface area contributed by atoms with Crippen molar-refractivity contribution in [2.45, 2.75) is 12.5 Å². The van der Waals surface area contributed by atoms with Crippen LogP contribution in [0.15, 0.2) is 67.1 Å². The second-order valence-electron chi connectivity index (χ2n) is 9.17. The highest BCUT2D eigenvalue weighted by molar-refractivity contribution is 6.31. The first-order chi connectivity index (χ1) is 19.6. The maximum absolute atomic E-state index is 14.2. The SMILES string of the molecule is O=C(Nc1cc(-c2cn3cc(C(F)F)nc3cn2)cc2c1C(c1cc(F)ccc1Cl)NC2=O)c1cc(F)cc(Cl)c1. The fourth-order valence-electron chi connectivity index (χ4n) is 4.71. The number of fused-ring (bicyclic) bond motifs is 2. The Bertz CT molecular complexity index is 1880. The maximum atomic E-state index is 14.2. The summed E-state index contributed by atoms with van der Waals surface area (Å²) in [5, 5.41) is 5.62. The summed E-state index contributed by atoms with van der Waals surface area (Å²) < 4.78 is 55.9. The number of carbonyl (C=O) groups excluding carboxylic acids is 2. The van der Waals surface area contributed by atoms with Crippen LogP contribution in [0.4, 0.5) is 23.2 Å². The lowest BCUT2D eigenvalue weighted by Gasteiger charge is -2.19. The Hall–Kier alpha value is -4.48. The summed E-state index contributed by atoms with van der Waals surface area (Å²) in [7, 11) is 0. The van der Waals surface area contributed by atoms with Gasteiger partial charge in [-0.05, 0) is 48.5 Å². The van der Waals surface area contributed by atoms with E-state index in [-0.39, 0.29) is 49.3 Å². The Kier molecular flexibility index (Phi) is 6.63. The molecule has 0 bridgehead atoms. The summed E-state index contributed by atoms with van der Waals surface area (Å²) in [4.78, 5) is 34.5. The Labute approximate surface area is 238 Å². The predicted octanol–water partition coefficient (Wildman–Crippen LogP) is 7.00. The van der Waals surface area contributed by atoms with E-state index in [1.54, 1.807) is 0 Å². The Morgan fingerprint density at radius 3 is 2.59 bits per heavy atom. The summed E-state index contributed by atoms with van der Waals surface area (Å²) in [5.74, 6) is -2.61. The zero-order chi connectivity index (χ0) is 29.0. The van der Waals surface area contributed by atoms with Crippen LogP contribution < -0.4 is 10.6 Å². The first-order valence-electron chi connectivity index (χ1n) is 11.9. The predicted molar refractivity (Wildman–Crippen MR) is 143 cm³/mol. The summed E-state index contributed by atoms with van der Waals surface area (Å²) in [6, 6.07) is 9.05. The molecule has 206 valence electrons. The molecule has 1 atom stereocenters. The van der Waals surface area contributed by atoms with Crippen molar-refractivity contribution in [2.24, 2.45) is 0 Å². The van der Waals surface area contributed by atoms with Crippen molar-refractivity contribution in [1.29, 1.82) is 0 Å². The number of amides is 2. The van der Waals surface area contributed by atoms with E-state index in [0.717, 1.165) is 18.3 Å². The maximum Gasteiger partial charge on any atom is 0.281 e. The molecule has 3 aromatic carbocycles. The molecule has 13 heteroatoms. The van der Waals surface area contributed by atoms with Crippen LogP contribution >= 0.6 is 23.2 Å². The third kappa shape index (κ3) is 4.98. The minimum Gasteiger partial charge on any atom is -0.341 e. The number of hydrogen-bond acceptors (Lipinski definition) is 4. The third-order valence-corrected chi connectivity index (χ3v) is 7.07. The lowest BCUT2D eigenvalue weighted by atomic mass is 9.93. The van der Waals surface area contributed by atoms with Gasteiger partial charge in [0.25, 0.3) is 18.2 Å². The van der Waals surface area contributed by atoms with Crippen LogP contribution in [0.25, 0.3) is 16.9 Å². The highest BCUT2D eigenvalue weighted by Gasteiger charge is 2.35. The van der Waals surface area contributed by atoms with Crippen LogP contribution in [-0.4, -0.2) is 26.2 Å². The molecule has 1 unspecified atom stereocenters. The fraction of sp³-hybridized carbons (Fsp3) is 0.0714. The highest BCUT2D eigenvalue weighted by Crippen LogP contribution is 2.41. The molecule has 5 aromatic rings. The van der Waals surface area contributed by atoms with Crippen molar-refractivity contribution in [1.82, 2.24) is 19.7 Å². The van der Waals surface area contributed by atoms with Crippen molar-refractivity contribution < 1.29 is 27.2 Å². The molecule has 0 saturated heterocycles. The number of aromatic nitrogens is 3. The molecule has 2 aromatic heterocycles. The lowest BCUT2D eigenvalue weighted by Crippen LogP contribution is -2.21. The van der Waals surface area contributed by atoms with E-state index < -0.39 is 41.6 Å². The summed E-state index contributed by atoms with van der Waals surface area (Å²) in [6.07, 6.45) is 1.11. The zero-order valence-corrected chi connectivity index (χ0v) is 21.9. The quantitative estimate of drug-likeness (QED) is 0.213. The molecule has 1 aliphatic rings. The van der Waals surface area contributed by atoms with Crippen LogP contribution in [0.2, 0.25) is 10.0 Å². The molecule has 1 aliphatic heterocycles. The number of nitrogens with zero attached hydrogens (tertiary/aromatic N) is 3. The Morgan fingerprint density at radius 1 is 1.02 bits per heavy atom. The highest BCUT2D eigenvalue weighted by atomic mass is 35.5. The van der Waals surface area contributed by atoms with Crippen molar-refractivity contribution in [3.63, 3.8) is 0 Å². The normalized spacial score (nSPS) is 14.4. The molecule has 2 amide bonds. The number of anilines is 1. The molecular formula is C28H15Cl2F4N5O2. The van der Waals surface area contributed by atoms with E-state index in [1.807, 2.05) is 0 Å². The van der Waals surface area contributed by atoms with E-state index in [1.165, 1.54) is 53.2 Å². The number of hydrogen-bond donors (Lipinski definition) is 2. The van der Waals surface area contributed by atoms with E-state index in [2.05, 4.69) is 20.6 Å². The monoisotopic (exact) mass is 599 g/mol. The van der Waals surface area contributed by atoms with Gasteiger partial charge in [0.1, 0.15) is 17.3 Å². The van der Waals surface area contributed by atoms with Gasteiger partial charge in [0, 0.05) is 55.9 Å². The van der Waals surface area contributed by atoms with Gasteiger partial charge in [-0.3, -0.25) is 14.6 Å². The summed E-state index contributed by atoms with van der Waals surface area (Å²) in [5.41, 5.74) is 1.03. The van der Waals surface area contributed by atoms with E-state index in [4.69, 9.17) is 23.2 Å². The van der Waals surface area contributed by atoms with Gasteiger partial charge in [-0.2, -0.15) is 0 Å². The smallest absolute Gasteiger partial charge is 0.281 e. The van der Waals surface area contributed by atoms with Gasteiger partial charge in [0.15, 0.2) is 5.65 Å². The lowest BCUT2D eigenvalue weighted by molar-refractivity contribution is 0.0959. The molecule has 41 heavy (non-hydrogen) atoms. The van der Waals surface area contributed by atoms with Crippen LogP contribution in [-0.2, 0) is 0 Å². The van der Waals surface area contributed by atoms with Crippen molar-refractivity contribution >= 4 is 46.4 Å². The van der Waals surface area contributed by atoms with E-state index in [0.29, 0.717) is 5.56 Å². The molecule has 3 heterocycles. The molecule has 0 radical (unpaired) electrons. The second-order valence-corrected chi connectivity index (χ2v) is 10.0. The topological polar surface area (TPSA) is 88.4 Å². The Balaban J connectivity index is 1.51. The van der Waals surface area contributed by atoms with Gasteiger partial charge in [-0.25, -0.2) is 22.5 Å². The van der Waals surface area contributed by atoms with Gasteiger partial charge in [-0.1, -0.05) is 23.2 Å². The first-order valence-corrected chi connectivity index (χ1v) is 12.7. The minimum absolute atomic E-state index is 0.00334. The molecule has 0 aliphatic carbocycles. The third-order valence-electron chi connectivity index (χ3n) is 6.51. The number of rotatable bonds is 5. The molecule has 2 N–H and O–H groups in total. The minimum atomic E-state index is -2.79. The fourth-order valence-corrected chi connectivity index (χ4v) is 5.15. The van der Waals surface area contributed by atoms with Crippen LogP contribution in [0, 0.1) is 11.6 Å². The number of nitrogens with one attached hydrogen (secondary N) is 2. The van der Waals surface area contributed by atoms with Crippen LogP contribution in [0.5, 0.6) is 0 Å². The number of carbonyl (C=O) groups is 2. The first kappa shape index (κ1) is 26.7. The number of imidazole rings is 1. The van der Waals surface area contributed by atoms with Crippen molar-refractivity contribution in [3.8, 4) is 11.3 Å². The van der Waals surface area contributed by atoms with Gasteiger partial charge in [0.05, 0.1) is 17.9 Å². The van der Waals surface area contributed by atoms with Crippen LogP contribution in [0.1, 0.15) is 50.0 Å². The number of halogens is 6. The van der Waals surface area contributed by atoms with E-state index >= 15 is 0 Å². The van der Waals surface area contributed by atoms with Gasteiger partial charge >= 0.3 is 0 Å². The van der Waals surface area contributed by atoms with Crippen molar-refractivity contribution in [3.05, 3.63) is 117 Å². The standard InChI is InChI=1S/C28H15Cl2F4N5O2/c29-14-3-13(4-16(32)7-14)27(40)37-20-6-12(21-10-39-11-22(26(33)34)36-23(39)9-35-21)5-18-24(20)25(38-28(18)41)17-8-15(31)1-2-19(17)30/h1-11,25-26H,(H,37,40)(H,38,41). The number of alkyl halides is 2. The molecule has 0 fully saturated rings. The average Bonchev–Trinajstić information content (AvgIpc) is 3.50. The van der Waals surface area contributed by atoms with Crippen molar-refractivity contribution in [2.75, 3.05) is 5.32 Å². The summed E-state index contributed by atoms with van der Waals surface area (Å²) >= 11 is 12.3. The molecule has 0 saturated carbocycles. The summed E-state index contributed by atoms with van der Waals surface area (Å²) in [6.45, 7) is 0. The molecule has 6 rings (SSSR count). The molecule has 7 nitrogen and oxygen atoms in total. The second kappa shape index (κ2) is 10.2. The van der Waals surface area contributed by atoms with E-state index in [9.17, 15) is 27.2 Å². The Morgan fingerprint density at radius 2 is 1.83 bits per heavy atom. The average molecular weight is 600 g/mol. The largest absolute Gasteiger partial charge is 0.341 e. The van der Waals surface area contributed by atoms with Gasteiger partial charge in [0.2, 0.25) is 0 Å². The van der Waals surface area contributed by atoms with Gasteiger partial charge in [-0.15, -0.1) is 0 Å². The van der Waals surface area contributed by atoms with Gasteiger partial charge < -0.3 is 15.0 Å². The molecular weight excluding hydrogens is 585 g/mol.